The van der Waals surface area contributed by atoms with Gasteiger partial charge in [0.2, 0.25) is 0 Å². The number of carbonyl (C=O) groups is 1. The molecule has 0 unspecified atom stereocenters. The highest BCUT2D eigenvalue weighted by atomic mass is 16.4. The van der Waals surface area contributed by atoms with Crippen molar-refractivity contribution in [2.24, 2.45) is 5.92 Å². The maximum Gasteiger partial charge on any atom is 0.339 e. The molecule has 17 heavy (non-hydrogen) atoms. The minimum atomic E-state index is -0.897. The van der Waals surface area contributed by atoms with E-state index in [0.29, 0.717) is 5.56 Å². The lowest BCUT2D eigenvalue weighted by Crippen LogP contribution is -2.34. The van der Waals surface area contributed by atoms with E-state index in [1.807, 2.05) is 0 Å². The fourth-order valence-corrected chi connectivity index (χ4v) is 2.41. The highest BCUT2D eigenvalue weighted by Crippen LogP contribution is 2.26. The highest BCUT2D eigenvalue weighted by molar-refractivity contribution is 5.94. The van der Waals surface area contributed by atoms with Crippen LogP contribution in [0.3, 0.4) is 0 Å². The van der Waals surface area contributed by atoms with Gasteiger partial charge in [0.05, 0.1) is 5.69 Å². The lowest BCUT2D eigenvalue weighted by Gasteiger charge is -2.33. The van der Waals surface area contributed by atoms with Crippen LogP contribution in [0.25, 0.3) is 0 Å². The Balaban J connectivity index is 2.15. The number of aromatic carboxylic acids is 1. The average molecular weight is 234 g/mol. The molecule has 0 atom stereocenters. The largest absolute Gasteiger partial charge is 0.478 e. The molecule has 1 aliphatic rings. The van der Waals surface area contributed by atoms with Gasteiger partial charge in [0.1, 0.15) is 5.56 Å². The molecule has 1 N–H and O–H groups in total. The molecule has 1 fully saturated rings. The quantitative estimate of drug-likeness (QED) is 0.872. The summed E-state index contributed by atoms with van der Waals surface area (Å²) in [5, 5.41) is 9.13. The van der Waals surface area contributed by atoms with Crippen molar-refractivity contribution < 1.29 is 9.90 Å². The van der Waals surface area contributed by atoms with Crippen LogP contribution in [0.5, 0.6) is 0 Å². The van der Waals surface area contributed by atoms with E-state index in [0.717, 1.165) is 37.5 Å². The number of anilines is 1. The van der Waals surface area contributed by atoms with Crippen molar-refractivity contribution in [3.05, 3.63) is 24.0 Å². The van der Waals surface area contributed by atoms with Crippen LogP contribution >= 0.6 is 0 Å². The Bertz CT molecular complexity index is 398. The summed E-state index contributed by atoms with van der Waals surface area (Å²) in [6.45, 7) is 4.11. The van der Waals surface area contributed by atoms with E-state index in [4.69, 9.17) is 5.11 Å². The summed E-state index contributed by atoms with van der Waals surface area (Å²) < 4.78 is 0. The summed E-state index contributed by atoms with van der Waals surface area (Å²) in [6.07, 6.45) is 6.61. The van der Waals surface area contributed by atoms with E-state index in [9.17, 15) is 4.79 Å². The fraction of sp³-hybridized carbons (Fsp3) is 0.538. The van der Waals surface area contributed by atoms with E-state index in [1.54, 1.807) is 12.3 Å². The van der Waals surface area contributed by atoms with Gasteiger partial charge in [-0.15, -0.1) is 0 Å². The number of nitrogens with zero attached hydrogens (tertiary/aromatic N) is 2. The second-order valence-electron chi connectivity index (χ2n) is 4.54. The minimum absolute atomic E-state index is 0.308. The van der Waals surface area contributed by atoms with Gasteiger partial charge in [-0.3, -0.25) is 4.98 Å². The molecule has 92 valence electrons. The van der Waals surface area contributed by atoms with Crippen molar-refractivity contribution in [1.29, 1.82) is 0 Å². The van der Waals surface area contributed by atoms with Crippen LogP contribution in [0, 0.1) is 5.92 Å². The molecule has 0 amide bonds. The third-order valence-corrected chi connectivity index (χ3v) is 3.56. The first-order valence-corrected chi connectivity index (χ1v) is 6.14. The molecule has 4 heteroatoms. The predicted molar refractivity (Wildman–Crippen MR) is 66.4 cm³/mol. The molecule has 1 aromatic rings. The van der Waals surface area contributed by atoms with Gasteiger partial charge in [-0.25, -0.2) is 4.79 Å². The van der Waals surface area contributed by atoms with Gasteiger partial charge in [0.15, 0.2) is 0 Å². The van der Waals surface area contributed by atoms with Crippen LogP contribution in [-0.4, -0.2) is 29.1 Å². The Kier molecular flexibility index (Phi) is 3.61. The zero-order valence-electron chi connectivity index (χ0n) is 10.1. The van der Waals surface area contributed by atoms with E-state index < -0.39 is 5.97 Å². The second-order valence-corrected chi connectivity index (χ2v) is 4.54. The predicted octanol–water partition coefficient (Wildman–Crippen LogP) is 2.41. The molecule has 2 heterocycles. The zero-order chi connectivity index (χ0) is 12.3. The number of hydrogen-bond acceptors (Lipinski definition) is 3. The Hall–Kier alpha value is -1.58. The van der Waals surface area contributed by atoms with Crippen LogP contribution < -0.4 is 4.90 Å². The Labute approximate surface area is 101 Å². The first kappa shape index (κ1) is 11.9. The molecule has 0 bridgehead atoms. The molecule has 0 saturated carbocycles. The SMILES string of the molecule is CCC1CCN(c2ccncc2C(=O)O)CC1. The highest BCUT2D eigenvalue weighted by Gasteiger charge is 2.21. The lowest BCUT2D eigenvalue weighted by molar-refractivity contribution is 0.0697. The van der Waals surface area contributed by atoms with Crippen molar-refractivity contribution in [2.45, 2.75) is 26.2 Å². The van der Waals surface area contributed by atoms with Crippen LogP contribution in [-0.2, 0) is 0 Å². The molecule has 1 aliphatic heterocycles. The number of aromatic nitrogens is 1. The summed E-state index contributed by atoms with van der Waals surface area (Å²) in [5.74, 6) is -0.105. The summed E-state index contributed by atoms with van der Waals surface area (Å²) in [5.41, 5.74) is 1.12. The molecule has 2 rings (SSSR count). The summed E-state index contributed by atoms with van der Waals surface area (Å²) in [6, 6.07) is 1.80. The third-order valence-electron chi connectivity index (χ3n) is 3.56. The number of pyridine rings is 1. The fourth-order valence-electron chi connectivity index (χ4n) is 2.41. The molecule has 1 saturated heterocycles. The molecule has 0 aliphatic carbocycles. The molecular formula is C13H18N2O2. The van der Waals surface area contributed by atoms with Crippen molar-refractivity contribution in [1.82, 2.24) is 4.98 Å². The molecule has 4 nitrogen and oxygen atoms in total. The van der Waals surface area contributed by atoms with E-state index in [2.05, 4.69) is 16.8 Å². The van der Waals surface area contributed by atoms with Crippen LogP contribution in [0.4, 0.5) is 5.69 Å². The number of carboxylic acid groups (broad SMARTS) is 1. The monoisotopic (exact) mass is 234 g/mol. The maximum absolute atomic E-state index is 11.1. The van der Waals surface area contributed by atoms with Gasteiger partial charge in [-0.05, 0) is 24.8 Å². The first-order chi connectivity index (χ1) is 8.22. The van der Waals surface area contributed by atoms with Crippen molar-refractivity contribution >= 4 is 11.7 Å². The third kappa shape index (κ3) is 2.57. The molecule has 0 spiro atoms. The molecular weight excluding hydrogens is 216 g/mol. The summed E-state index contributed by atoms with van der Waals surface area (Å²) >= 11 is 0. The van der Waals surface area contributed by atoms with Gasteiger partial charge >= 0.3 is 5.97 Å². The molecule has 0 aromatic carbocycles. The van der Waals surface area contributed by atoms with E-state index in [1.165, 1.54) is 12.6 Å². The zero-order valence-corrected chi connectivity index (χ0v) is 10.1. The second kappa shape index (κ2) is 5.17. The minimum Gasteiger partial charge on any atom is -0.478 e. The van der Waals surface area contributed by atoms with E-state index >= 15 is 0 Å². The van der Waals surface area contributed by atoms with Crippen LogP contribution in [0.15, 0.2) is 18.5 Å². The lowest BCUT2D eigenvalue weighted by atomic mass is 9.94. The van der Waals surface area contributed by atoms with Crippen molar-refractivity contribution in [3.8, 4) is 0 Å². The van der Waals surface area contributed by atoms with Crippen LogP contribution in [0.1, 0.15) is 36.5 Å². The normalized spacial score (nSPS) is 17.1. The summed E-state index contributed by atoms with van der Waals surface area (Å²) in [7, 11) is 0. The summed E-state index contributed by atoms with van der Waals surface area (Å²) in [4.78, 5) is 17.2. The van der Waals surface area contributed by atoms with Gasteiger partial charge in [-0.2, -0.15) is 0 Å². The van der Waals surface area contributed by atoms with Gasteiger partial charge in [-0.1, -0.05) is 13.3 Å². The number of rotatable bonds is 3. The van der Waals surface area contributed by atoms with Crippen LogP contribution in [0.2, 0.25) is 0 Å². The first-order valence-electron chi connectivity index (χ1n) is 6.14. The van der Waals surface area contributed by atoms with Crippen molar-refractivity contribution in [3.63, 3.8) is 0 Å². The Morgan fingerprint density at radius 1 is 1.53 bits per heavy atom. The topological polar surface area (TPSA) is 53.4 Å². The Morgan fingerprint density at radius 2 is 2.24 bits per heavy atom. The van der Waals surface area contributed by atoms with Gasteiger partial charge < -0.3 is 10.0 Å². The maximum atomic E-state index is 11.1. The number of hydrogen-bond donors (Lipinski definition) is 1. The van der Waals surface area contributed by atoms with Crippen molar-refractivity contribution in [2.75, 3.05) is 18.0 Å². The number of piperidine rings is 1. The van der Waals surface area contributed by atoms with E-state index in [-0.39, 0.29) is 0 Å². The average Bonchev–Trinajstić information content (AvgIpc) is 2.39. The molecule has 0 radical (unpaired) electrons. The number of carboxylic acids is 1. The Morgan fingerprint density at radius 3 is 2.82 bits per heavy atom. The van der Waals surface area contributed by atoms with Gasteiger partial charge in [0, 0.05) is 25.5 Å². The standard InChI is InChI=1S/C13H18N2O2/c1-2-10-4-7-15(8-5-10)12-3-6-14-9-11(12)13(16)17/h3,6,9-10H,2,4-5,7-8H2,1H3,(H,16,17). The molecule has 1 aromatic heterocycles. The van der Waals surface area contributed by atoms with Gasteiger partial charge in [0.25, 0.3) is 0 Å². The smallest absolute Gasteiger partial charge is 0.339 e.